The molecule has 0 fully saturated rings. The summed E-state index contributed by atoms with van der Waals surface area (Å²) in [5, 5.41) is 0. The van der Waals surface area contributed by atoms with Gasteiger partial charge in [-0.2, -0.15) is 0 Å². The molecule has 0 spiro atoms. The lowest BCUT2D eigenvalue weighted by molar-refractivity contribution is 0.0966. The molecule has 0 saturated carbocycles. The Balaban J connectivity index is 1.88. The molecule has 0 saturated heterocycles. The van der Waals surface area contributed by atoms with E-state index in [0.717, 1.165) is 24.0 Å². The molecule has 2 aromatic rings. The minimum atomic E-state index is -0.109. The normalized spacial score (nSPS) is 15.0. The van der Waals surface area contributed by atoms with Crippen molar-refractivity contribution in [2.24, 2.45) is 0 Å². The predicted octanol–water partition coefficient (Wildman–Crippen LogP) is 3.56. The third-order valence-electron chi connectivity index (χ3n) is 3.98. The molecular weight excluding hydrogens is 234 g/mol. The Morgan fingerprint density at radius 3 is 2.63 bits per heavy atom. The number of hydrogen-bond acceptors (Lipinski definition) is 2. The first kappa shape index (κ1) is 12.1. The number of Topliss-reactive ketones (excluding diaryl/α,β-unsaturated/α-hetero) is 1. The van der Waals surface area contributed by atoms with E-state index in [1.54, 1.807) is 12.4 Å². The number of aromatic nitrogens is 1. The van der Waals surface area contributed by atoms with Crippen LogP contribution in [0.1, 0.15) is 46.3 Å². The highest BCUT2D eigenvalue weighted by Gasteiger charge is 2.19. The monoisotopic (exact) mass is 251 g/mol. The van der Waals surface area contributed by atoms with Crippen LogP contribution in [-0.2, 0) is 12.8 Å². The molecule has 1 aliphatic rings. The van der Waals surface area contributed by atoms with Crippen LogP contribution in [0.25, 0.3) is 0 Å². The van der Waals surface area contributed by atoms with Crippen molar-refractivity contribution in [2.45, 2.75) is 32.1 Å². The predicted molar refractivity (Wildman–Crippen MR) is 75.4 cm³/mol. The molecule has 1 aromatic carbocycles. The zero-order valence-corrected chi connectivity index (χ0v) is 11.1. The summed E-state index contributed by atoms with van der Waals surface area (Å²) in [7, 11) is 0. The molecule has 2 nitrogen and oxygen atoms in total. The number of hydrogen-bond donors (Lipinski definition) is 0. The Morgan fingerprint density at radius 1 is 1.11 bits per heavy atom. The Bertz CT molecular complexity index is 604. The molecule has 3 rings (SSSR count). The first-order valence-corrected chi connectivity index (χ1v) is 6.81. The van der Waals surface area contributed by atoms with Crippen LogP contribution in [0.3, 0.4) is 0 Å². The van der Waals surface area contributed by atoms with Crippen LogP contribution in [-0.4, -0.2) is 10.8 Å². The fourth-order valence-corrected chi connectivity index (χ4v) is 2.78. The molecule has 0 amide bonds. The SMILES string of the molecule is CC(C(=O)c1ccc2c(c1)CCC2)c1ccncc1. The molecule has 0 radical (unpaired) electrons. The maximum Gasteiger partial charge on any atom is 0.170 e. The van der Waals surface area contributed by atoms with Crippen LogP contribution in [0.5, 0.6) is 0 Å². The first-order chi connectivity index (χ1) is 9.25. The van der Waals surface area contributed by atoms with Crippen LogP contribution < -0.4 is 0 Å². The number of rotatable bonds is 3. The van der Waals surface area contributed by atoms with Gasteiger partial charge < -0.3 is 0 Å². The molecule has 0 aliphatic heterocycles. The number of fused-ring (bicyclic) bond motifs is 1. The van der Waals surface area contributed by atoms with E-state index in [-0.39, 0.29) is 11.7 Å². The molecule has 2 heteroatoms. The Kier molecular flexibility index (Phi) is 3.16. The van der Waals surface area contributed by atoms with Gasteiger partial charge in [-0.1, -0.05) is 19.1 Å². The summed E-state index contributed by atoms with van der Waals surface area (Å²) in [6.07, 6.45) is 6.96. The van der Waals surface area contributed by atoms with Gasteiger partial charge in [-0.15, -0.1) is 0 Å². The largest absolute Gasteiger partial charge is 0.294 e. The van der Waals surface area contributed by atoms with E-state index in [1.807, 2.05) is 25.1 Å². The fraction of sp³-hybridized carbons (Fsp3) is 0.294. The van der Waals surface area contributed by atoms with Crippen molar-refractivity contribution in [1.29, 1.82) is 0 Å². The van der Waals surface area contributed by atoms with Gasteiger partial charge in [0.15, 0.2) is 5.78 Å². The lowest BCUT2D eigenvalue weighted by Crippen LogP contribution is -2.10. The van der Waals surface area contributed by atoms with Gasteiger partial charge in [0.2, 0.25) is 0 Å². The average molecular weight is 251 g/mol. The summed E-state index contributed by atoms with van der Waals surface area (Å²) < 4.78 is 0. The van der Waals surface area contributed by atoms with E-state index >= 15 is 0 Å². The second kappa shape index (κ2) is 4.96. The number of pyridine rings is 1. The third-order valence-corrected chi connectivity index (χ3v) is 3.98. The zero-order valence-electron chi connectivity index (χ0n) is 11.1. The molecule has 1 atom stereocenters. The Hall–Kier alpha value is -1.96. The van der Waals surface area contributed by atoms with Crippen molar-refractivity contribution in [3.05, 3.63) is 65.0 Å². The number of carbonyl (C=O) groups excluding carboxylic acids is 1. The minimum Gasteiger partial charge on any atom is -0.294 e. The van der Waals surface area contributed by atoms with Gasteiger partial charge in [-0.3, -0.25) is 9.78 Å². The quantitative estimate of drug-likeness (QED) is 0.781. The summed E-state index contributed by atoms with van der Waals surface area (Å²) >= 11 is 0. The maximum absolute atomic E-state index is 12.5. The van der Waals surface area contributed by atoms with Crippen LogP contribution >= 0.6 is 0 Å². The first-order valence-electron chi connectivity index (χ1n) is 6.81. The summed E-state index contributed by atoms with van der Waals surface area (Å²) in [6, 6.07) is 10.0. The number of aryl methyl sites for hydroxylation is 2. The van der Waals surface area contributed by atoms with E-state index in [9.17, 15) is 4.79 Å². The maximum atomic E-state index is 12.5. The van der Waals surface area contributed by atoms with Gasteiger partial charge in [0.1, 0.15) is 0 Å². The molecule has 1 aromatic heterocycles. The number of ketones is 1. The minimum absolute atomic E-state index is 0.109. The van der Waals surface area contributed by atoms with Crippen molar-refractivity contribution in [2.75, 3.05) is 0 Å². The van der Waals surface area contributed by atoms with E-state index in [2.05, 4.69) is 17.1 Å². The van der Waals surface area contributed by atoms with E-state index in [0.29, 0.717) is 0 Å². The fourth-order valence-electron chi connectivity index (χ4n) is 2.78. The second-order valence-corrected chi connectivity index (χ2v) is 5.20. The topological polar surface area (TPSA) is 30.0 Å². The van der Waals surface area contributed by atoms with Gasteiger partial charge in [0, 0.05) is 23.9 Å². The van der Waals surface area contributed by atoms with E-state index in [4.69, 9.17) is 0 Å². The molecule has 19 heavy (non-hydrogen) atoms. The Morgan fingerprint density at radius 2 is 1.84 bits per heavy atom. The van der Waals surface area contributed by atoms with Gasteiger partial charge in [-0.25, -0.2) is 0 Å². The van der Waals surface area contributed by atoms with Crippen LogP contribution in [0, 0.1) is 0 Å². The number of nitrogens with zero attached hydrogens (tertiary/aromatic N) is 1. The lowest BCUT2D eigenvalue weighted by atomic mass is 9.91. The second-order valence-electron chi connectivity index (χ2n) is 5.20. The van der Waals surface area contributed by atoms with Crippen LogP contribution in [0.4, 0.5) is 0 Å². The van der Waals surface area contributed by atoms with Crippen molar-refractivity contribution in [3.8, 4) is 0 Å². The Labute approximate surface area is 113 Å². The van der Waals surface area contributed by atoms with Crippen molar-refractivity contribution in [1.82, 2.24) is 4.98 Å². The third kappa shape index (κ3) is 2.30. The summed E-state index contributed by atoms with van der Waals surface area (Å²) in [5.41, 5.74) is 4.63. The molecular formula is C17H17NO. The van der Waals surface area contributed by atoms with Crippen LogP contribution in [0.15, 0.2) is 42.7 Å². The number of carbonyl (C=O) groups is 1. The number of benzene rings is 1. The highest BCUT2D eigenvalue weighted by molar-refractivity contribution is 6.00. The molecule has 1 unspecified atom stereocenters. The summed E-state index contributed by atoms with van der Waals surface area (Å²) in [4.78, 5) is 16.5. The summed E-state index contributed by atoms with van der Waals surface area (Å²) in [6.45, 7) is 1.96. The van der Waals surface area contributed by atoms with Gasteiger partial charge in [0.25, 0.3) is 0 Å². The molecule has 96 valence electrons. The molecule has 0 bridgehead atoms. The lowest BCUT2D eigenvalue weighted by Gasteiger charge is -2.11. The molecule has 1 heterocycles. The van der Waals surface area contributed by atoms with Gasteiger partial charge in [-0.05, 0) is 54.2 Å². The van der Waals surface area contributed by atoms with Crippen LogP contribution in [0.2, 0.25) is 0 Å². The highest BCUT2D eigenvalue weighted by Crippen LogP contribution is 2.26. The summed E-state index contributed by atoms with van der Waals surface area (Å²) in [5.74, 6) is 0.0864. The van der Waals surface area contributed by atoms with E-state index < -0.39 is 0 Å². The average Bonchev–Trinajstić information content (AvgIpc) is 2.94. The van der Waals surface area contributed by atoms with Gasteiger partial charge >= 0.3 is 0 Å². The molecule has 0 N–H and O–H groups in total. The zero-order chi connectivity index (χ0) is 13.2. The van der Waals surface area contributed by atoms with Crippen molar-refractivity contribution >= 4 is 5.78 Å². The van der Waals surface area contributed by atoms with Crippen molar-refractivity contribution < 1.29 is 4.79 Å². The highest BCUT2D eigenvalue weighted by atomic mass is 16.1. The van der Waals surface area contributed by atoms with E-state index in [1.165, 1.54) is 17.5 Å². The molecule has 1 aliphatic carbocycles. The smallest absolute Gasteiger partial charge is 0.170 e. The standard InChI is InChI=1S/C17H17NO/c1-12(13-7-9-18-10-8-13)17(19)16-6-5-14-3-2-4-15(14)11-16/h5-12H,2-4H2,1H3. The van der Waals surface area contributed by atoms with Crippen molar-refractivity contribution in [3.63, 3.8) is 0 Å². The van der Waals surface area contributed by atoms with Gasteiger partial charge in [0.05, 0.1) is 0 Å².